The van der Waals surface area contributed by atoms with Crippen LogP contribution in [0.4, 0.5) is 10.5 Å². The van der Waals surface area contributed by atoms with E-state index in [1.807, 2.05) is 0 Å². The van der Waals surface area contributed by atoms with Gasteiger partial charge in [-0.25, -0.2) is 4.79 Å². The number of anilines is 1. The van der Waals surface area contributed by atoms with Gasteiger partial charge >= 0.3 is 35.7 Å². The van der Waals surface area contributed by atoms with Crippen LogP contribution in [0.25, 0.3) is 0 Å². The first kappa shape index (κ1) is 14.0. The molecule has 0 unspecified atom stereocenters. The van der Waals surface area contributed by atoms with Crippen molar-refractivity contribution in [3.05, 3.63) is 24.3 Å². The van der Waals surface area contributed by atoms with Gasteiger partial charge in [-0.2, -0.15) is 0 Å². The van der Waals surface area contributed by atoms with E-state index in [1.54, 1.807) is 12.1 Å². The van der Waals surface area contributed by atoms with E-state index in [2.05, 4.69) is 10.1 Å². The van der Waals surface area contributed by atoms with Crippen molar-refractivity contribution < 1.29 is 19.4 Å². The minimum atomic E-state index is -1.36. The average molecular weight is 219 g/mol. The molecule has 0 aliphatic rings. The molecule has 0 fully saturated rings. The van der Waals surface area contributed by atoms with Crippen molar-refractivity contribution in [3.63, 3.8) is 0 Å². The second-order valence-electron chi connectivity index (χ2n) is 2.57. The fraction of sp³-hybridized carbons (Fsp3) is 0.111. The summed E-state index contributed by atoms with van der Waals surface area (Å²) in [7, 11) is 0. The fourth-order valence-corrected chi connectivity index (χ4v) is 0.910. The van der Waals surface area contributed by atoms with Crippen molar-refractivity contribution in [2.24, 2.45) is 0 Å². The second-order valence-corrected chi connectivity index (χ2v) is 2.57. The molecule has 0 bridgehead atoms. The van der Waals surface area contributed by atoms with Gasteiger partial charge in [-0.1, -0.05) is 0 Å². The molecule has 6 heteroatoms. The quantitative estimate of drug-likeness (QED) is 0.443. The third-order valence-corrected chi connectivity index (χ3v) is 1.38. The maximum absolute atomic E-state index is 10.6. The number of ether oxygens (including phenoxy) is 1. The summed E-state index contributed by atoms with van der Waals surface area (Å²) in [6.07, 6.45) is -1.36. The van der Waals surface area contributed by atoms with Crippen LogP contribution in [0.5, 0.6) is 5.75 Å². The predicted molar refractivity (Wildman–Crippen MR) is 56.5 cm³/mol. The average Bonchev–Trinajstić information content (AvgIpc) is 2.06. The van der Waals surface area contributed by atoms with Crippen LogP contribution in [-0.4, -0.2) is 46.7 Å². The first-order valence-electron chi connectivity index (χ1n) is 3.86. The van der Waals surface area contributed by atoms with Gasteiger partial charge in [-0.05, 0) is 24.3 Å². The molecular weight excluding hydrogens is 209 g/mol. The van der Waals surface area contributed by atoms with Crippen molar-refractivity contribution in [2.45, 2.75) is 6.92 Å². The Morgan fingerprint density at radius 3 is 2.20 bits per heavy atom. The number of rotatable bonds is 2. The molecule has 0 atom stereocenters. The van der Waals surface area contributed by atoms with Crippen LogP contribution in [0.2, 0.25) is 0 Å². The number of benzene rings is 1. The first-order valence-corrected chi connectivity index (χ1v) is 3.86. The number of amides is 1. The number of carbonyl (C=O) groups excluding carboxylic acids is 1. The molecular formula is C9H10NNaO4. The van der Waals surface area contributed by atoms with Crippen LogP contribution in [0, 0.1) is 0 Å². The Hall–Kier alpha value is -1.04. The van der Waals surface area contributed by atoms with Crippen LogP contribution in [0.3, 0.4) is 0 Å². The van der Waals surface area contributed by atoms with Crippen molar-refractivity contribution in [1.29, 1.82) is 0 Å². The van der Waals surface area contributed by atoms with Crippen LogP contribution < -0.4 is 10.1 Å². The number of hydrogen-bond donors (Lipinski definition) is 2. The van der Waals surface area contributed by atoms with Crippen molar-refractivity contribution >= 4 is 47.3 Å². The molecule has 0 radical (unpaired) electrons. The minimum absolute atomic E-state index is 0. The zero-order chi connectivity index (χ0) is 10.6. The topological polar surface area (TPSA) is 75.6 Å². The molecule has 1 amide bonds. The standard InChI is InChI=1S/C9H9NO4.Na.H/c1-6(11)10-7-2-4-8(5-3-7)14-9(12)13;;/h2-5H,1H3,(H,10,11)(H,12,13);;. The van der Waals surface area contributed by atoms with Gasteiger partial charge in [-0.3, -0.25) is 4.79 Å². The summed E-state index contributed by atoms with van der Waals surface area (Å²) in [5.74, 6) is 0.0310. The van der Waals surface area contributed by atoms with Gasteiger partial charge < -0.3 is 15.2 Å². The van der Waals surface area contributed by atoms with Crippen molar-refractivity contribution in [1.82, 2.24) is 0 Å². The Bertz CT molecular complexity index is 315. The van der Waals surface area contributed by atoms with E-state index in [-0.39, 0.29) is 41.2 Å². The first-order chi connectivity index (χ1) is 6.58. The van der Waals surface area contributed by atoms with E-state index in [4.69, 9.17) is 5.11 Å². The summed E-state index contributed by atoms with van der Waals surface area (Å²) >= 11 is 0. The maximum atomic E-state index is 10.6. The SMILES string of the molecule is CC(=O)Nc1ccc(OC(=O)O)cc1.[NaH]. The van der Waals surface area contributed by atoms with Gasteiger partial charge in [0, 0.05) is 12.6 Å². The molecule has 0 spiro atoms. The number of carbonyl (C=O) groups is 2. The zero-order valence-electron chi connectivity index (χ0n) is 7.48. The van der Waals surface area contributed by atoms with Gasteiger partial charge in [0.1, 0.15) is 5.75 Å². The van der Waals surface area contributed by atoms with Gasteiger partial charge in [0.05, 0.1) is 0 Å². The molecule has 1 rings (SSSR count). The molecule has 76 valence electrons. The van der Waals surface area contributed by atoms with Crippen LogP contribution in [0.15, 0.2) is 24.3 Å². The summed E-state index contributed by atoms with van der Waals surface area (Å²) in [6.45, 7) is 1.39. The van der Waals surface area contributed by atoms with Crippen LogP contribution >= 0.6 is 0 Å². The van der Waals surface area contributed by atoms with E-state index in [9.17, 15) is 9.59 Å². The Balaban J connectivity index is 0.00000196. The number of hydrogen-bond acceptors (Lipinski definition) is 3. The van der Waals surface area contributed by atoms with Crippen molar-refractivity contribution in [2.75, 3.05) is 5.32 Å². The summed E-state index contributed by atoms with van der Waals surface area (Å²) in [5.41, 5.74) is 0.593. The molecule has 0 aliphatic heterocycles. The molecule has 1 aromatic rings. The molecule has 1 aromatic carbocycles. The summed E-state index contributed by atoms with van der Waals surface area (Å²) in [5, 5.41) is 10.8. The Morgan fingerprint density at radius 2 is 1.80 bits per heavy atom. The molecule has 0 aliphatic carbocycles. The monoisotopic (exact) mass is 219 g/mol. The van der Waals surface area contributed by atoms with Crippen molar-refractivity contribution in [3.8, 4) is 5.75 Å². The van der Waals surface area contributed by atoms with Gasteiger partial charge in [0.15, 0.2) is 0 Å². The molecule has 0 aromatic heterocycles. The molecule has 15 heavy (non-hydrogen) atoms. The van der Waals surface area contributed by atoms with Gasteiger partial charge in [-0.15, -0.1) is 0 Å². The number of nitrogens with one attached hydrogen (secondary N) is 1. The number of carboxylic acid groups (broad SMARTS) is 1. The second kappa shape index (κ2) is 6.44. The summed E-state index contributed by atoms with van der Waals surface area (Å²) in [6, 6.07) is 6.03. The molecule has 0 saturated carbocycles. The van der Waals surface area contributed by atoms with E-state index in [1.165, 1.54) is 19.1 Å². The normalized spacial score (nSPS) is 8.60. The van der Waals surface area contributed by atoms with E-state index in [0.29, 0.717) is 5.69 Å². The molecule has 5 nitrogen and oxygen atoms in total. The molecule has 0 heterocycles. The Kier molecular flexibility index (Phi) is 6.00. The van der Waals surface area contributed by atoms with E-state index in [0.717, 1.165) is 0 Å². The van der Waals surface area contributed by atoms with Crippen LogP contribution in [0.1, 0.15) is 6.92 Å². The third kappa shape index (κ3) is 5.41. The predicted octanol–water partition coefficient (Wildman–Crippen LogP) is 1.05. The molecule has 0 saturated heterocycles. The van der Waals surface area contributed by atoms with E-state index >= 15 is 0 Å². The summed E-state index contributed by atoms with van der Waals surface area (Å²) in [4.78, 5) is 20.8. The fourth-order valence-electron chi connectivity index (χ4n) is 0.910. The van der Waals surface area contributed by atoms with Crippen LogP contribution in [-0.2, 0) is 4.79 Å². The van der Waals surface area contributed by atoms with Gasteiger partial charge in [0.2, 0.25) is 5.91 Å². The Morgan fingerprint density at radius 1 is 1.27 bits per heavy atom. The van der Waals surface area contributed by atoms with E-state index < -0.39 is 6.16 Å². The Labute approximate surface area is 109 Å². The zero-order valence-corrected chi connectivity index (χ0v) is 7.48. The van der Waals surface area contributed by atoms with Gasteiger partial charge in [0.25, 0.3) is 0 Å². The molecule has 2 N–H and O–H groups in total. The third-order valence-electron chi connectivity index (χ3n) is 1.38. The summed E-state index contributed by atoms with van der Waals surface area (Å²) < 4.78 is 4.38.